The fourth-order valence-corrected chi connectivity index (χ4v) is 4.78. The molecule has 1 amide bonds. The fourth-order valence-electron chi connectivity index (χ4n) is 3.25. The average Bonchev–Trinajstić information content (AvgIpc) is 2.74. The van der Waals surface area contributed by atoms with Crippen molar-refractivity contribution in [1.82, 2.24) is 4.31 Å². The lowest BCUT2D eigenvalue weighted by atomic mass is 9.98. The summed E-state index contributed by atoms with van der Waals surface area (Å²) in [4.78, 5) is 12.9. The normalized spacial score (nSPS) is 17.7. The van der Waals surface area contributed by atoms with Gasteiger partial charge in [0.05, 0.1) is 30.7 Å². The van der Waals surface area contributed by atoms with Crippen LogP contribution in [0.3, 0.4) is 0 Å². The number of nitrogens with one attached hydrogen (secondary N) is 1. The van der Waals surface area contributed by atoms with Gasteiger partial charge in [-0.1, -0.05) is 12.1 Å². The number of sulfonamides is 1. The number of hydrogen-bond acceptors (Lipinski definition) is 5. The lowest BCUT2D eigenvalue weighted by Crippen LogP contribution is -2.43. The SMILES string of the molecule is COc1ccc(S(=O)(=O)N2CCCC(C(=O)Nc3ccccc3OC)C2)cc1. The Labute approximate surface area is 165 Å². The Morgan fingerprint density at radius 3 is 2.46 bits per heavy atom. The van der Waals surface area contributed by atoms with E-state index in [2.05, 4.69) is 5.32 Å². The van der Waals surface area contributed by atoms with Crippen molar-refractivity contribution in [2.75, 3.05) is 32.6 Å². The molecule has 0 radical (unpaired) electrons. The van der Waals surface area contributed by atoms with E-state index >= 15 is 0 Å². The number of methoxy groups -OCH3 is 2. The molecule has 1 atom stereocenters. The van der Waals surface area contributed by atoms with Gasteiger partial charge in [-0.25, -0.2) is 8.42 Å². The molecule has 2 aromatic carbocycles. The maximum atomic E-state index is 12.9. The van der Waals surface area contributed by atoms with Crippen LogP contribution in [0, 0.1) is 5.92 Å². The number of benzene rings is 2. The van der Waals surface area contributed by atoms with Gasteiger partial charge in [0, 0.05) is 13.1 Å². The molecule has 1 aliphatic heterocycles. The Morgan fingerprint density at radius 1 is 1.07 bits per heavy atom. The molecule has 0 aliphatic carbocycles. The zero-order chi connectivity index (χ0) is 20.1. The molecule has 8 heteroatoms. The topological polar surface area (TPSA) is 84.9 Å². The third-order valence-corrected chi connectivity index (χ3v) is 6.70. The molecule has 28 heavy (non-hydrogen) atoms. The zero-order valence-electron chi connectivity index (χ0n) is 15.9. The van der Waals surface area contributed by atoms with Gasteiger partial charge in [0.1, 0.15) is 11.5 Å². The van der Waals surface area contributed by atoms with E-state index in [4.69, 9.17) is 9.47 Å². The molecule has 150 valence electrons. The van der Waals surface area contributed by atoms with Gasteiger partial charge in [0.25, 0.3) is 0 Å². The fraction of sp³-hybridized carbons (Fsp3) is 0.350. The predicted octanol–water partition coefficient (Wildman–Crippen LogP) is 2.74. The molecule has 1 saturated heterocycles. The van der Waals surface area contributed by atoms with Crippen molar-refractivity contribution in [2.24, 2.45) is 5.92 Å². The smallest absolute Gasteiger partial charge is 0.243 e. The molecular weight excluding hydrogens is 380 g/mol. The van der Waals surface area contributed by atoms with Gasteiger partial charge in [-0.2, -0.15) is 4.31 Å². The highest BCUT2D eigenvalue weighted by atomic mass is 32.2. The van der Waals surface area contributed by atoms with E-state index in [1.807, 2.05) is 6.07 Å². The third-order valence-electron chi connectivity index (χ3n) is 4.82. The van der Waals surface area contributed by atoms with Crippen molar-refractivity contribution in [3.05, 3.63) is 48.5 Å². The van der Waals surface area contributed by atoms with Gasteiger partial charge in [0.15, 0.2) is 0 Å². The molecule has 1 N–H and O–H groups in total. The Balaban J connectivity index is 1.73. The van der Waals surface area contributed by atoms with Crippen LogP contribution >= 0.6 is 0 Å². The maximum absolute atomic E-state index is 12.9. The maximum Gasteiger partial charge on any atom is 0.243 e. The van der Waals surface area contributed by atoms with E-state index in [9.17, 15) is 13.2 Å². The number of amides is 1. The van der Waals surface area contributed by atoms with Gasteiger partial charge >= 0.3 is 0 Å². The molecule has 1 aliphatic rings. The number of hydrogen-bond donors (Lipinski definition) is 1. The largest absolute Gasteiger partial charge is 0.497 e. The van der Waals surface area contributed by atoms with Gasteiger partial charge in [-0.15, -0.1) is 0 Å². The molecule has 0 spiro atoms. The summed E-state index contributed by atoms with van der Waals surface area (Å²) in [5.74, 6) is 0.520. The van der Waals surface area contributed by atoms with Crippen LogP contribution in [0.15, 0.2) is 53.4 Å². The molecule has 0 bridgehead atoms. The Kier molecular flexibility index (Phi) is 6.21. The second kappa shape index (κ2) is 8.62. The highest BCUT2D eigenvalue weighted by molar-refractivity contribution is 7.89. The number of carbonyl (C=O) groups is 1. The Morgan fingerprint density at radius 2 is 1.79 bits per heavy atom. The summed E-state index contributed by atoms with van der Waals surface area (Å²) in [7, 11) is -0.603. The van der Waals surface area contributed by atoms with E-state index in [-0.39, 0.29) is 17.3 Å². The first-order chi connectivity index (χ1) is 13.5. The molecule has 0 aromatic heterocycles. The summed E-state index contributed by atoms with van der Waals surface area (Å²) < 4.78 is 37.6. The van der Waals surface area contributed by atoms with Crippen molar-refractivity contribution >= 4 is 21.6 Å². The minimum atomic E-state index is -3.67. The number of nitrogens with zero attached hydrogens (tertiary/aromatic N) is 1. The summed E-state index contributed by atoms with van der Waals surface area (Å²) in [6.45, 7) is 0.544. The number of rotatable bonds is 6. The van der Waals surface area contributed by atoms with Crippen LogP contribution in [0.25, 0.3) is 0 Å². The second-order valence-corrected chi connectivity index (χ2v) is 8.51. The third kappa shape index (κ3) is 4.28. The zero-order valence-corrected chi connectivity index (χ0v) is 16.7. The predicted molar refractivity (Wildman–Crippen MR) is 106 cm³/mol. The summed E-state index contributed by atoms with van der Waals surface area (Å²) in [5.41, 5.74) is 0.574. The van der Waals surface area contributed by atoms with Crippen LogP contribution in [0.4, 0.5) is 5.69 Å². The standard InChI is InChI=1S/C20H24N2O5S/c1-26-16-9-11-17(12-10-16)28(24,25)22-13-5-6-15(14-22)20(23)21-18-7-3-4-8-19(18)27-2/h3-4,7-12,15H,5-6,13-14H2,1-2H3,(H,21,23). The van der Waals surface area contributed by atoms with Crippen molar-refractivity contribution in [1.29, 1.82) is 0 Å². The monoisotopic (exact) mass is 404 g/mol. The minimum absolute atomic E-state index is 0.148. The molecule has 7 nitrogen and oxygen atoms in total. The first kappa shape index (κ1) is 20.2. The van der Waals surface area contributed by atoms with Gasteiger partial charge < -0.3 is 14.8 Å². The van der Waals surface area contributed by atoms with E-state index in [1.165, 1.54) is 30.7 Å². The molecular formula is C20H24N2O5S. The molecule has 0 saturated carbocycles. The lowest BCUT2D eigenvalue weighted by molar-refractivity contribution is -0.120. The van der Waals surface area contributed by atoms with Crippen molar-refractivity contribution < 1.29 is 22.7 Å². The number of piperidine rings is 1. The molecule has 1 fully saturated rings. The van der Waals surface area contributed by atoms with Gasteiger partial charge in [-0.05, 0) is 49.2 Å². The summed E-state index contributed by atoms with van der Waals surface area (Å²) >= 11 is 0. The highest BCUT2D eigenvalue weighted by Gasteiger charge is 2.33. The Bertz CT molecular complexity index is 928. The van der Waals surface area contributed by atoms with Crippen LogP contribution in [-0.4, -0.2) is 45.9 Å². The summed E-state index contributed by atoms with van der Waals surface area (Å²) in [5, 5.41) is 2.86. The number of ether oxygens (including phenoxy) is 2. The van der Waals surface area contributed by atoms with E-state index in [0.29, 0.717) is 36.6 Å². The van der Waals surface area contributed by atoms with Crippen LogP contribution < -0.4 is 14.8 Å². The first-order valence-electron chi connectivity index (χ1n) is 9.04. The Hall–Kier alpha value is -2.58. The molecule has 3 rings (SSSR count). The van der Waals surface area contributed by atoms with Crippen molar-refractivity contribution in [3.63, 3.8) is 0 Å². The van der Waals surface area contributed by atoms with Crippen LogP contribution in [-0.2, 0) is 14.8 Å². The second-order valence-electron chi connectivity index (χ2n) is 6.57. The highest BCUT2D eigenvalue weighted by Crippen LogP contribution is 2.28. The molecule has 1 unspecified atom stereocenters. The lowest BCUT2D eigenvalue weighted by Gasteiger charge is -2.31. The van der Waals surface area contributed by atoms with Crippen LogP contribution in [0.5, 0.6) is 11.5 Å². The molecule has 2 aromatic rings. The number of anilines is 1. The minimum Gasteiger partial charge on any atom is -0.497 e. The number of para-hydroxylation sites is 2. The molecule has 1 heterocycles. The first-order valence-corrected chi connectivity index (χ1v) is 10.5. The van der Waals surface area contributed by atoms with Crippen LogP contribution in [0.2, 0.25) is 0 Å². The summed E-state index contributed by atoms with van der Waals surface area (Å²) in [6, 6.07) is 13.4. The van der Waals surface area contributed by atoms with E-state index in [0.717, 1.165) is 0 Å². The number of carbonyl (C=O) groups excluding carboxylic acids is 1. The van der Waals surface area contributed by atoms with E-state index in [1.54, 1.807) is 30.3 Å². The van der Waals surface area contributed by atoms with Gasteiger partial charge in [0.2, 0.25) is 15.9 Å². The van der Waals surface area contributed by atoms with Crippen molar-refractivity contribution in [3.8, 4) is 11.5 Å². The van der Waals surface area contributed by atoms with Crippen LogP contribution in [0.1, 0.15) is 12.8 Å². The average molecular weight is 404 g/mol. The quantitative estimate of drug-likeness (QED) is 0.800. The van der Waals surface area contributed by atoms with Gasteiger partial charge in [-0.3, -0.25) is 4.79 Å². The summed E-state index contributed by atoms with van der Waals surface area (Å²) in [6.07, 6.45) is 1.26. The van der Waals surface area contributed by atoms with E-state index < -0.39 is 15.9 Å². The van der Waals surface area contributed by atoms with Crippen molar-refractivity contribution in [2.45, 2.75) is 17.7 Å².